The smallest absolute Gasteiger partial charge is 0.162 e. The van der Waals surface area contributed by atoms with Crippen LogP contribution in [0.3, 0.4) is 0 Å². The van der Waals surface area contributed by atoms with Crippen LogP contribution >= 0.6 is 0 Å². The second-order valence-corrected chi connectivity index (χ2v) is 5.85. The molecular formula is C13H16N4O3. The maximum absolute atomic E-state index is 10.3. The number of aliphatic hydroxyl groups is 3. The summed E-state index contributed by atoms with van der Waals surface area (Å²) in [4.78, 5) is 8.52. The van der Waals surface area contributed by atoms with Gasteiger partial charge >= 0.3 is 0 Å². The highest BCUT2D eigenvalue weighted by atomic mass is 16.3. The van der Waals surface area contributed by atoms with E-state index < -0.39 is 17.6 Å². The van der Waals surface area contributed by atoms with Crippen molar-refractivity contribution in [1.82, 2.24) is 14.5 Å². The van der Waals surface area contributed by atoms with Gasteiger partial charge in [-0.1, -0.05) is 0 Å². The monoisotopic (exact) mass is 276 g/mol. The van der Waals surface area contributed by atoms with Gasteiger partial charge in [-0.3, -0.25) is 0 Å². The van der Waals surface area contributed by atoms with Gasteiger partial charge in [0.15, 0.2) is 5.65 Å². The van der Waals surface area contributed by atoms with Gasteiger partial charge in [0.1, 0.15) is 11.6 Å². The van der Waals surface area contributed by atoms with Crippen molar-refractivity contribution in [3.8, 4) is 0 Å². The largest absolute Gasteiger partial charge is 0.397 e. The van der Waals surface area contributed by atoms with Crippen LogP contribution in [0.25, 0.3) is 11.2 Å². The van der Waals surface area contributed by atoms with Gasteiger partial charge in [-0.05, 0) is 18.4 Å². The molecule has 0 aromatic carbocycles. The molecule has 106 valence electrons. The maximum Gasteiger partial charge on any atom is 0.162 e. The quantitative estimate of drug-likeness (QED) is 0.575. The molecule has 5 N–H and O–H groups in total. The highest BCUT2D eigenvalue weighted by Gasteiger charge is 2.71. The van der Waals surface area contributed by atoms with Crippen molar-refractivity contribution < 1.29 is 15.3 Å². The number of aromatic nitrogens is 3. The van der Waals surface area contributed by atoms with Crippen LogP contribution in [-0.2, 0) is 0 Å². The molecule has 2 aromatic heterocycles. The fourth-order valence-electron chi connectivity index (χ4n) is 3.72. The van der Waals surface area contributed by atoms with Gasteiger partial charge in [0.25, 0.3) is 0 Å². The zero-order valence-electron chi connectivity index (χ0n) is 10.7. The lowest BCUT2D eigenvalue weighted by Crippen LogP contribution is -2.35. The molecule has 4 rings (SSSR count). The molecule has 0 saturated heterocycles. The molecule has 0 amide bonds. The van der Waals surface area contributed by atoms with E-state index in [0.29, 0.717) is 23.3 Å². The summed E-state index contributed by atoms with van der Waals surface area (Å²) in [5.41, 5.74) is 7.02. The second kappa shape index (κ2) is 3.69. The van der Waals surface area contributed by atoms with Gasteiger partial charge in [-0.25, -0.2) is 9.97 Å². The van der Waals surface area contributed by atoms with Crippen molar-refractivity contribution in [3.63, 3.8) is 0 Å². The van der Waals surface area contributed by atoms with E-state index in [-0.39, 0.29) is 18.6 Å². The Morgan fingerprint density at radius 2 is 2.20 bits per heavy atom. The average molecular weight is 276 g/mol. The van der Waals surface area contributed by atoms with Crippen LogP contribution in [0.15, 0.2) is 18.6 Å². The van der Waals surface area contributed by atoms with E-state index in [1.54, 1.807) is 23.2 Å². The van der Waals surface area contributed by atoms with Crippen LogP contribution in [0.2, 0.25) is 0 Å². The second-order valence-electron chi connectivity index (χ2n) is 5.85. The normalized spacial score (nSPS) is 39.1. The molecule has 7 heteroatoms. The first kappa shape index (κ1) is 12.1. The highest BCUT2D eigenvalue weighted by Crippen LogP contribution is 2.67. The Kier molecular flexibility index (Phi) is 2.23. The number of hydrogen-bond acceptors (Lipinski definition) is 6. The van der Waals surface area contributed by atoms with E-state index in [2.05, 4.69) is 9.97 Å². The van der Waals surface area contributed by atoms with Crippen molar-refractivity contribution in [1.29, 1.82) is 0 Å². The zero-order valence-corrected chi connectivity index (χ0v) is 10.7. The zero-order chi connectivity index (χ0) is 14.1. The molecule has 2 aliphatic rings. The molecule has 7 nitrogen and oxygen atoms in total. The molecule has 2 heterocycles. The van der Waals surface area contributed by atoms with Gasteiger partial charge in [-0.2, -0.15) is 0 Å². The Labute approximate surface area is 114 Å². The summed E-state index contributed by atoms with van der Waals surface area (Å²) in [5.74, 6) is 0.0399. The maximum atomic E-state index is 10.3. The lowest BCUT2D eigenvalue weighted by Gasteiger charge is -2.23. The molecule has 0 spiro atoms. The first-order valence-corrected chi connectivity index (χ1v) is 6.64. The standard InChI is InChI=1S/C13H16N4O3/c14-7-1-2-15-12-8(7)16-5-17(12)9-6-3-13(6,4-18)11(20)10(9)19/h1-2,5-6,9-11,18-20H,3-4H2,(H2,14,15). The number of fused-ring (bicyclic) bond motifs is 2. The molecule has 5 unspecified atom stereocenters. The molecule has 2 fully saturated rings. The number of aliphatic hydroxyl groups excluding tert-OH is 3. The molecule has 20 heavy (non-hydrogen) atoms. The van der Waals surface area contributed by atoms with Gasteiger partial charge in [-0.15, -0.1) is 0 Å². The van der Waals surface area contributed by atoms with Gasteiger partial charge in [0.2, 0.25) is 0 Å². The average Bonchev–Trinajstić information content (AvgIpc) is 2.95. The summed E-state index contributed by atoms with van der Waals surface area (Å²) in [7, 11) is 0. The van der Waals surface area contributed by atoms with Crippen LogP contribution in [0.4, 0.5) is 5.69 Å². The van der Waals surface area contributed by atoms with E-state index in [1.807, 2.05) is 0 Å². The van der Waals surface area contributed by atoms with Crippen LogP contribution in [0.1, 0.15) is 12.5 Å². The van der Waals surface area contributed by atoms with E-state index in [9.17, 15) is 15.3 Å². The summed E-state index contributed by atoms with van der Waals surface area (Å²) in [6, 6.07) is 1.35. The summed E-state index contributed by atoms with van der Waals surface area (Å²) in [6.07, 6.45) is 2.05. The van der Waals surface area contributed by atoms with E-state index in [0.717, 1.165) is 0 Å². The van der Waals surface area contributed by atoms with Crippen molar-refractivity contribution in [2.75, 3.05) is 12.3 Å². The molecule has 2 aromatic rings. The molecular weight excluding hydrogens is 260 g/mol. The highest BCUT2D eigenvalue weighted by molar-refractivity contribution is 5.83. The van der Waals surface area contributed by atoms with E-state index >= 15 is 0 Å². The summed E-state index contributed by atoms with van der Waals surface area (Å²) >= 11 is 0. The number of nitrogen functional groups attached to an aromatic ring is 1. The summed E-state index contributed by atoms with van der Waals surface area (Å²) in [5, 5.41) is 29.9. The van der Waals surface area contributed by atoms with Gasteiger partial charge < -0.3 is 25.6 Å². The van der Waals surface area contributed by atoms with E-state index in [4.69, 9.17) is 5.73 Å². The molecule has 2 saturated carbocycles. The number of nitrogens with zero attached hydrogens (tertiary/aromatic N) is 3. The van der Waals surface area contributed by atoms with Gasteiger partial charge in [0, 0.05) is 11.6 Å². The van der Waals surface area contributed by atoms with E-state index in [1.165, 1.54) is 0 Å². The number of rotatable bonds is 2. The third-order valence-electron chi connectivity index (χ3n) is 4.96. The Morgan fingerprint density at radius 1 is 1.40 bits per heavy atom. The number of imidazole rings is 1. The van der Waals surface area contributed by atoms with Crippen LogP contribution in [-0.4, -0.2) is 48.7 Å². The predicted molar refractivity (Wildman–Crippen MR) is 70.6 cm³/mol. The van der Waals surface area contributed by atoms with Crippen LogP contribution in [0.5, 0.6) is 0 Å². The predicted octanol–water partition coefficient (Wildman–Crippen LogP) is -0.711. The summed E-state index contributed by atoms with van der Waals surface area (Å²) in [6.45, 7) is -0.116. The third kappa shape index (κ3) is 1.25. The number of pyridine rings is 1. The Morgan fingerprint density at radius 3 is 2.90 bits per heavy atom. The first-order valence-electron chi connectivity index (χ1n) is 6.64. The molecule has 0 aliphatic heterocycles. The van der Waals surface area contributed by atoms with Crippen molar-refractivity contribution in [2.45, 2.75) is 24.7 Å². The minimum Gasteiger partial charge on any atom is -0.397 e. The first-order chi connectivity index (χ1) is 9.60. The molecule has 0 bridgehead atoms. The lowest BCUT2D eigenvalue weighted by molar-refractivity contribution is -0.0300. The minimum atomic E-state index is -0.929. The third-order valence-corrected chi connectivity index (χ3v) is 4.96. The Bertz CT molecular complexity index is 687. The Hall–Kier alpha value is -1.70. The number of hydrogen-bond donors (Lipinski definition) is 4. The molecule has 5 atom stereocenters. The lowest BCUT2D eigenvalue weighted by atomic mass is 10.0. The minimum absolute atomic E-state index is 0.0399. The fraction of sp³-hybridized carbons (Fsp3) is 0.538. The van der Waals surface area contributed by atoms with Crippen molar-refractivity contribution in [2.24, 2.45) is 11.3 Å². The van der Waals surface area contributed by atoms with Crippen LogP contribution in [0, 0.1) is 11.3 Å². The summed E-state index contributed by atoms with van der Waals surface area (Å²) < 4.78 is 1.77. The topological polar surface area (TPSA) is 117 Å². The van der Waals surface area contributed by atoms with Crippen molar-refractivity contribution >= 4 is 16.9 Å². The number of anilines is 1. The SMILES string of the molecule is Nc1ccnc2c1ncn2C1C(O)C(O)C2(CO)CC12. The van der Waals surface area contributed by atoms with Crippen molar-refractivity contribution in [3.05, 3.63) is 18.6 Å². The van der Waals surface area contributed by atoms with Gasteiger partial charge in [0.05, 0.1) is 30.8 Å². The Balaban J connectivity index is 1.83. The molecule has 0 radical (unpaired) electrons. The number of nitrogens with two attached hydrogens (primary N) is 1. The molecule has 2 aliphatic carbocycles. The van der Waals surface area contributed by atoms with Crippen LogP contribution < -0.4 is 5.73 Å². The fourth-order valence-corrected chi connectivity index (χ4v) is 3.72.